The van der Waals surface area contributed by atoms with Crippen LogP contribution in [0.4, 0.5) is 0 Å². The number of rotatable bonds is 7. The molecule has 3 N–H and O–H groups in total. The predicted octanol–water partition coefficient (Wildman–Crippen LogP) is 1.53. The fourth-order valence-electron chi connectivity index (χ4n) is 1.68. The lowest BCUT2D eigenvalue weighted by Gasteiger charge is -2.28. The molecular weight excluding hydrogens is 190 g/mol. The van der Waals surface area contributed by atoms with Gasteiger partial charge in [0, 0.05) is 13.1 Å². The van der Waals surface area contributed by atoms with Gasteiger partial charge >= 0.3 is 0 Å². The van der Waals surface area contributed by atoms with Crippen LogP contribution in [-0.4, -0.2) is 34.5 Å². The van der Waals surface area contributed by atoms with Crippen molar-refractivity contribution in [3.05, 3.63) is 0 Å². The summed E-state index contributed by atoms with van der Waals surface area (Å²) in [4.78, 5) is 0. The van der Waals surface area contributed by atoms with Gasteiger partial charge in [0.1, 0.15) is 0 Å². The minimum absolute atomic E-state index is 0.480. The zero-order valence-corrected chi connectivity index (χ0v) is 10.8. The highest BCUT2D eigenvalue weighted by Crippen LogP contribution is 2.15. The maximum absolute atomic E-state index is 10.0. The summed E-state index contributed by atoms with van der Waals surface area (Å²) in [6, 6.07) is 0. The van der Waals surface area contributed by atoms with Crippen LogP contribution in [0.5, 0.6) is 0 Å². The van der Waals surface area contributed by atoms with Gasteiger partial charge in [0.15, 0.2) is 0 Å². The molecule has 0 aromatic rings. The molecule has 3 heteroatoms. The standard InChI is InChI=1S/C12H27NO2/c1-6-11(4,14)8-13-9-12(5,15)7-10(2)3/h10,13-15H,6-9H2,1-5H3. The summed E-state index contributed by atoms with van der Waals surface area (Å²) in [6.07, 6.45) is 1.49. The molecule has 0 aromatic heterocycles. The van der Waals surface area contributed by atoms with Crippen LogP contribution in [0.1, 0.15) is 47.5 Å². The first-order chi connectivity index (χ1) is 6.68. The molecule has 0 saturated heterocycles. The van der Waals surface area contributed by atoms with E-state index >= 15 is 0 Å². The third-order valence-corrected chi connectivity index (χ3v) is 2.62. The number of nitrogens with one attached hydrogen (secondary N) is 1. The summed E-state index contributed by atoms with van der Waals surface area (Å²) >= 11 is 0. The van der Waals surface area contributed by atoms with Crippen molar-refractivity contribution >= 4 is 0 Å². The maximum atomic E-state index is 10.0. The van der Waals surface area contributed by atoms with Crippen LogP contribution < -0.4 is 5.32 Å². The Morgan fingerprint density at radius 2 is 1.53 bits per heavy atom. The maximum Gasteiger partial charge on any atom is 0.0746 e. The van der Waals surface area contributed by atoms with E-state index in [1.807, 2.05) is 13.8 Å². The van der Waals surface area contributed by atoms with Crippen LogP contribution >= 0.6 is 0 Å². The van der Waals surface area contributed by atoms with E-state index in [1.54, 1.807) is 6.92 Å². The summed E-state index contributed by atoms with van der Waals surface area (Å²) in [5.74, 6) is 0.480. The smallest absolute Gasteiger partial charge is 0.0746 e. The Labute approximate surface area is 93.9 Å². The molecule has 0 radical (unpaired) electrons. The fourth-order valence-corrected chi connectivity index (χ4v) is 1.68. The molecule has 0 amide bonds. The van der Waals surface area contributed by atoms with Gasteiger partial charge in [-0.2, -0.15) is 0 Å². The number of hydrogen-bond acceptors (Lipinski definition) is 3. The molecule has 0 aromatic carbocycles. The third kappa shape index (κ3) is 7.77. The van der Waals surface area contributed by atoms with E-state index in [-0.39, 0.29) is 0 Å². The minimum atomic E-state index is -0.683. The van der Waals surface area contributed by atoms with E-state index in [1.165, 1.54) is 0 Å². The first-order valence-electron chi connectivity index (χ1n) is 5.84. The van der Waals surface area contributed by atoms with Crippen LogP contribution in [0.15, 0.2) is 0 Å². The average Bonchev–Trinajstić information content (AvgIpc) is 2.00. The highest BCUT2D eigenvalue weighted by atomic mass is 16.3. The van der Waals surface area contributed by atoms with Gasteiger partial charge in [0.25, 0.3) is 0 Å². The lowest BCUT2D eigenvalue weighted by atomic mass is 9.94. The van der Waals surface area contributed by atoms with E-state index < -0.39 is 11.2 Å². The monoisotopic (exact) mass is 217 g/mol. The summed E-state index contributed by atoms with van der Waals surface area (Å²) in [6.45, 7) is 10.8. The Morgan fingerprint density at radius 1 is 1.07 bits per heavy atom. The normalized spacial score (nSPS) is 20.0. The van der Waals surface area contributed by atoms with Crippen molar-refractivity contribution in [3.8, 4) is 0 Å². The van der Waals surface area contributed by atoms with E-state index in [9.17, 15) is 10.2 Å². The Kier molecular flexibility index (Phi) is 5.78. The van der Waals surface area contributed by atoms with Crippen LogP contribution in [0, 0.1) is 5.92 Å². The van der Waals surface area contributed by atoms with Gasteiger partial charge < -0.3 is 15.5 Å². The molecule has 0 aliphatic heterocycles. The lowest BCUT2D eigenvalue weighted by Crippen LogP contribution is -2.45. The van der Waals surface area contributed by atoms with Crippen molar-refractivity contribution in [2.75, 3.05) is 13.1 Å². The van der Waals surface area contributed by atoms with Gasteiger partial charge in [-0.3, -0.25) is 0 Å². The summed E-state index contributed by atoms with van der Waals surface area (Å²) < 4.78 is 0. The Bertz CT molecular complexity index is 176. The van der Waals surface area contributed by atoms with Gasteiger partial charge in [0.05, 0.1) is 11.2 Å². The molecule has 15 heavy (non-hydrogen) atoms. The summed E-state index contributed by atoms with van der Waals surface area (Å²) in [7, 11) is 0. The van der Waals surface area contributed by atoms with Gasteiger partial charge in [-0.25, -0.2) is 0 Å². The van der Waals surface area contributed by atoms with Crippen LogP contribution in [0.2, 0.25) is 0 Å². The summed E-state index contributed by atoms with van der Waals surface area (Å²) in [5.41, 5.74) is -1.36. The molecule has 0 aliphatic carbocycles. The second kappa shape index (κ2) is 5.83. The van der Waals surface area contributed by atoms with Crippen molar-refractivity contribution in [2.45, 2.75) is 58.7 Å². The molecule has 3 nitrogen and oxygen atoms in total. The molecule has 92 valence electrons. The van der Waals surface area contributed by atoms with E-state index in [2.05, 4.69) is 19.2 Å². The molecule has 2 atom stereocenters. The highest BCUT2D eigenvalue weighted by molar-refractivity contribution is 4.80. The molecule has 0 aliphatic rings. The minimum Gasteiger partial charge on any atom is -0.389 e. The topological polar surface area (TPSA) is 52.5 Å². The molecule has 0 fully saturated rings. The molecular formula is C12H27NO2. The van der Waals surface area contributed by atoms with Crippen molar-refractivity contribution in [1.82, 2.24) is 5.32 Å². The Morgan fingerprint density at radius 3 is 1.93 bits per heavy atom. The second-order valence-corrected chi connectivity index (χ2v) is 5.55. The molecule has 0 bridgehead atoms. The van der Waals surface area contributed by atoms with Crippen molar-refractivity contribution in [2.24, 2.45) is 5.92 Å². The zero-order chi connectivity index (χ0) is 12.1. The predicted molar refractivity (Wildman–Crippen MR) is 63.9 cm³/mol. The van der Waals surface area contributed by atoms with Crippen molar-refractivity contribution < 1.29 is 10.2 Å². The van der Waals surface area contributed by atoms with E-state index in [4.69, 9.17) is 0 Å². The van der Waals surface area contributed by atoms with Crippen LogP contribution in [0.3, 0.4) is 0 Å². The molecule has 0 saturated carbocycles. The third-order valence-electron chi connectivity index (χ3n) is 2.62. The molecule has 2 unspecified atom stereocenters. The first-order valence-corrected chi connectivity index (χ1v) is 5.84. The number of hydrogen-bond donors (Lipinski definition) is 3. The van der Waals surface area contributed by atoms with Crippen molar-refractivity contribution in [1.29, 1.82) is 0 Å². The van der Waals surface area contributed by atoms with Crippen LogP contribution in [-0.2, 0) is 0 Å². The summed E-state index contributed by atoms with van der Waals surface area (Å²) in [5, 5.41) is 22.9. The second-order valence-electron chi connectivity index (χ2n) is 5.55. The van der Waals surface area contributed by atoms with E-state index in [0.717, 1.165) is 6.42 Å². The lowest BCUT2D eigenvalue weighted by molar-refractivity contribution is 0.0209. The van der Waals surface area contributed by atoms with E-state index in [0.29, 0.717) is 25.4 Å². The van der Waals surface area contributed by atoms with Gasteiger partial charge in [0.2, 0.25) is 0 Å². The fraction of sp³-hybridized carbons (Fsp3) is 1.00. The highest BCUT2D eigenvalue weighted by Gasteiger charge is 2.23. The first kappa shape index (κ1) is 14.9. The van der Waals surface area contributed by atoms with Crippen LogP contribution in [0.25, 0.3) is 0 Å². The quantitative estimate of drug-likeness (QED) is 0.606. The average molecular weight is 217 g/mol. The Hall–Kier alpha value is -0.120. The van der Waals surface area contributed by atoms with Crippen molar-refractivity contribution in [3.63, 3.8) is 0 Å². The largest absolute Gasteiger partial charge is 0.389 e. The van der Waals surface area contributed by atoms with Gasteiger partial charge in [-0.15, -0.1) is 0 Å². The zero-order valence-electron chi connectivity index (χ0n) is 10.8. The molecule has 0 heterocycles. The van der Waals surface area contributed by atoms with Gasteiger partial charge in [-0.1, -0.05) is 20.8 Å². The SMILES string of the molecule is CCC(C)(O)CNCC(C)(O)CC(C)C. The number of aliphatic hydroxyl groups is 2. The van der Waals surface area contributed by atoms with Gasteiger partial charge in [-0.05, 0) is 32.6 Å². The molecule has 0 rings (SSSR count). The molecule has 0 spiro atoms. The Balaban J connectivity index is 3.84.